The van der Waals surface area contributed by atoms with E-state index in [2.05, 4.69) is 0 Å². The van der Waals surface area contributed by atoms with Gasteiger partial charge >= 0.3 is 6.04 Å². The van der Waals surface area contributed by atoms with Crippen LogP contribution in [0.2, 0.25) is 5.02 Å². The van der Waals surface area contributed by atoms with Crippen LogP contribution < -0.4 is 0 Å². The zero-order chi connectivity index (χ0) is 13.1. The minimum atomic E-state index is -1.35. The van der Waals surface area contributed by atoms with Crippen LogP contribution in [0.15, 0.2) is 24.3 Å². The number of aliphatic hydroxyl groups is 1. The van der Waals surface area contributed by atoms with Crippen molar-refractivity contribution >= 4 is 17.6 Å². The van der Waals surface area contributed by atoms with Gasteiger partial charge in [0.2, 0.25) is 0 Å². The molecule has 2 atom stereocenters. The standard InChI is InChI=1S/C13H15ClFNO2/c14-10-3-1-9(2-4-10)12(13(15)18)8-16-6-5-11(17)7-16/h1-4,11-12,17H,5-8H2. The molecule has 5 heteroatoms. The lowest BCUT2D eigenvalue weighted by atomic mass is 9.99. The molecule has 1 fully saturated rings. The summed E-state index contributed by atoms with van der Waals surface area (Å²) in [6.45, 7) is 1.49. The number of aliphatic hydroxyl groups excluding tert-OH is 1. The van der Waals surface area contributed by atoms with E-state index in [0.29, 0.717) is 36.6 Å². The number of halogens is 2. The van der Waals surface area contributed by atoms with Gasteiger partial charge in [-0.25, -0.2) is 0 Å². The highest BCUT2D eigenvalue weighted by Crippen LogP contribution is 2.23. The number of hydrogen-bond donors (Lipinski definition) is 1. The molecule has 2 rings (SSSR count). The van der Waals surface area contributed by atoms with Crippen molar-refractivity contribution in [2.24, 2.45) is 0 Å². The largest absolute Gasteiger partial charge is 0.392 e. The third-order valence-electron chi connectivity index (χ3n) is 3.23. The number of carbonyl (C=O) groups is 1. The second-order valence-electron chi connectivity index (χ2n) is 4.61. The lowest BCUT2D eigenvalue weighted by Crippen LogP contribution is -2.30. The van der Waals surface area contributed by atoms with Gasteiger partial charge in [-0.05, 0) is 24.1 Å². The zero-order valence-electron chi connectivity index (χ0n) is 9.85. The molecular formula is C13H15ClFNO2. The first-order valence-electron chi connectivity index (χ1n) is 5.91. The first-order valence-corrected chi connectivity index (χ1v) is 6.29. The fourth-order valence-corrected chi connectivity index (χ4v) is 2.37. The van der Waals surface area contributed by atoms with Gasteiger partial charge in [-0.3, -0.25) is 9.69 Å². The first-order chi connectivity index (χ1) is 8.56. The summed E-state index contributed by atoms with van der Waals surface area (Å²) in [4.78, 5) is 13.0. The summed E-state index contributed by atoms with van der Waals surface area (Å²) in [5, 5.41) is 9.98. The molecule has 0 spiro atoms. The van der Waals surface area contributed by atoms with Crippen molar-refractivity contribution in [2.75, 3.05) is 19.6 Å². The molecule has 0 saturated carbocycles. The van der Waals surface area contributed by atoms with Crippen LogP contribution in [0, 0.1) is 0 Å². The third-order valence-corrected chi connectivity index (χ3v) is 3.49. The summed E-state index contributed by atoms with van der Waals surface area (Å²) >= 11 is 5.76. The van der Waals surface area contributed by atoms with E-state index in [-0.39, 0.29) is 6.10 Å². The summed E-state index contributed by atoms with van der Waals surface area (Å²) in [7, 11) is 0. The molecule has 1 heterocycles. The van der Waals surface area contributed by atoms with Gasteiger partial charge in [0.25, 0.3) is 0 Å². The van der Waals surface area contributed by atoms with E-state index >= 15 is 0 Å². The molecule has 1 N–H and O–H groups in total. The molecule has 98 valence electrons. The van der Waals surface area contributed by atoms with Crippen LogP contribution in [0.5, 0.6) is 0 Å². The topological polar surface area (TPSA) is 40.5 Å². The smallest absolute Gasteiger partial charge is 0.310 e. The molecule has 0 radical (unpaired) electrons. The third kappa shape index (κ3) is 3.28. The number of benzene rings is 1. The van der Waals surface area contributed by atoms with Crippen molar-refractivity contribution in [3.8, 4) is 0 Å². The molecule has 0 aromatic heterocycles. The Kier molecular flexibility index (Phi) is 4.32. The second kappa shape index (κ2) is 5.78. The fourth-order valence-electron chi connectivity index (χ4n) is 2.24. The van der Waals surface area contributed by atoms with Crippen molar-refractivity contribution in [3.05, 3.63) is 34.9 Å². The van der Waals surface area contributed by atoms with Crippen molar-refractivity contribution in [2.45, 2.75) is 18.4 Å². The molecule has 1 aromatic carbocycles. The Hall–Kier alpha value is -0.970. The lowest BCUT2D eigenvalue weighted by molar-refractivity contribution is -0.131. The number of hydrogen-bond acceptors (Lipinski definition) is 3. The molecule has 2 unspecified atom stereocenters. The lowest BCUT2D eigenvalue weighted by Gasteiger charge is -2.20. The number of nitrogens with zero attached hydrogens (tertiary/aromatic N) is 1. The summed E-state index contributed by atoms with van der Waals surface area (Å²) in [5.74, 6) is -0.799. The first kappa shape index (κ1) is 13.5. The minimum Gasteiger partial charge on any atom is -0.392 e. The van der Waals surface area contributed by atoms with Gasteiger partial charge in [-0.15, -0.1) is 0 Å². The maximum absolute atomic E-state index is 13.1. The molecule has 0 amide bonds. The Morgan fingerprint density at radius 2 is 2.17 bits per heavy atom. The van der Waals surface area contributed by atoms with Crippen LogP contribution in [-0.2, 0) is 4.79 Å². The maximum Gasteiger partial charge on any atom is 0.310 e. The number of β-amino-alcohol motifs (C(OH)–C–C–N with tert-alkyl or cyclic N) is 1. The molecule has 0 bridgehead atoms. The van der Waals surface area contributed by atoms with Crippen LogP contribution in [0.4, 0.5) is 4.39 Å². The Morgan fingerprint density at radius 3 is 2.67 bits per heavy atom. The van der Waals surface area contributed by atoms with Crippen LogP contribution >= 0.6 is 11.6 Å². The monoisotopic (exact) mass is 271 g/mol. The quantitative estimate of drug-likeness (QED) is 0.852. The summed E-state index contributed by atoms with van der Waals surface area (Å²) in [5.41, 5.74) is 0.619. The normalized spacial score (nSPS) is 22.1. The van der Waals surface area contributed by atoms with Crippen molar-refractivity contribution < 1.29 is 14.3 Å². The van der Waals surface area contributed by atoms with Gasteiger partial charge < -0.3 is 5.11 Å². The van der Waals surface area contributed by atoms with E-state index in [4.69, 9.17) is 11.6 Å². The number of likely N-dealkylation sites (tertiary alicyclic amines) is 1. The number of carbonyl (C=O) groups excluding carboxylic acids is 1. The number of rotatable bonds is 4. The summed E-state index contributed by atoms with van der Waals surface area (Å²) in [6, 6.07) is 5.27. The van der Waals surface area contributed by atoms with Gasteiger partial charge in [-0.1, -0.05) is 23.7 Å². The molecule has 3 nitrogen and oxygen atoms in total. The highest BCUT2D eigenvalue weighted by atomic mass is 35.5. The summed E-state index contributed by atoms with van der Waals surface area (Å²) < 4.78 is 13.1. The maximum atomic E-state index is 13.1. The molecule has 1 aliphatic rings. The second-order valence-corrected chi connectivity index (χ2v) is 5.05. The van der Waals surface area contributed by atoms with E-state index in [0.717, 1.165) is 0 Å². The van der Waals surface area contributed by atoms with Crippen molar-refractivity contribution in [3.63, 3.8) is 0 Å². The Morgan fingerprint density at radius 1 is 1.50 bits per heavy atom. The Bertz CT molecular complexity index is 424. The SMILES string of the molecule is O=C(F)C(CN1CCC(O)C1)c1ccc(Cl)cc1. The van der Waals surface area contributed by atoms with Gasteiger partial charge in [0.15, 0.2) is 0 Å². The van der Waals surface area contributed by atoms with Gasteiger partial charge in [0, 0.05) is 24.7 Å². The van der Waals surface area contributed by atoms with Crippen LogP contribution in [-0.4, -0.2) is 41.8 Å². The molecule has 1 aliphatic heterocycles. The minimum absolute atomic E-state index is 0.300. The predicted molar refractivity (Wildman–Crippen MR) is 67.4 cm³/mol. The van der Waals surface area contributed by atoms with E-state index in [1.807, 2.05) is 4.90 Å². The molecule has 1 aromatic rings. The van der Waals surface area contributed by atoms with Crippen molar-refractivity contribution in [1.29, 1.82) is 0 Å². The van der Waals surface area contributed by atoms with Gasteiger partial charge in [-0.2, -0.15) is 4.39 Å². The molecule has 18 heavy (non-hydrogen) atoms. The predicted octanol–water partition coefficient (Wildman–Crippen LogP) is 1.99. The fraction of sp³-hybridized carbons (Fsp3) is 0.462. The van der Waals surface area contributed by atoms with Crippen LogP contribution in [0.3, 0.4) is 0 Å². The highest BCUT2D eigenvalue weighted by Gasteiger charge is 2.27. The molecular weight excluding hydrogens is 257 g/mol. The average Bonchev–Trinajstić information content (AvgIpc) is 2.73. The van der Waals surface area contributed by atoms with E-state index in [1.54, 1.807) is 24.3 Å². The van der Waals surface area contributed by atoms with Crippen molar-refractivity contribution in [1.82, 2.24) is 4.90 Å². The highest BCUT2D eigenvalue weighted by molar-refractivity contribution is 6.30. The van der Waals surface area contributed by atoms with E-state index < -0.39 is 12.0 Å². The van der Waals surface area contributed by atoms with Crippen LogP contribution in [0.25, 0.3) is 0 Å². The van der Waals surface area contributed by atoms with Crippen LogP contribution in [0.1, 0.15) is 17.9 Å². The van der Waals surface area contributed by atoms with E-state index in [9.17, 15) is 14.3 Å². The average molecular weight is 272 g/mol. The Labute approximate surface area is 110 Å². The Balaban J connectivity index is 2.08. The molecule has 1 saturated heterocycles. The molecule has 0 aliphatic carbocycles. The van der Waals surface area contributed by atoms with Gasteiger partial charge in [0.05, 0.1) is 12.0 Å². The zero-order valence-corrected chi connectivity index (χ0v) is 10.6. The van der Waals surface area contributed by atoms with E-state index in [1.165, 1.54) is 0 Å². The van der Waals surface area contributed by atoms with Gasteiger partial charge in [0.1, 0.15) is 0 Å². The summed E-state index contributed by atoms with van der Waals surface area (Å²) in [6.07, 6.45) is 0.305.